The predicted molar refractivity (Wildman–Crippen MR) is 143 cm³/mol. The zero-order valence-corrected chi connectivity index (χ0v) is 21.9. The van der Waals surface area contributed by atoms with Crippen molar-refractivity contribution in [2.24, 2.45) is 7.05 Å². The van der Waals surface area contributed by atoms with Gasteiger partial charge in [0.05, 0.1) is 17.8 Å². The van der Waals surface area contributed by atoms with Crippen LogP contribution in [0.4, 0.5) is 5.69 Å². The van der Waals surface area contributed by atoms with Crippen LogP contribution >= 0.6 is 11.3 Å². The number of anilines is 1. The molecule has 0 bridgehead atoms. The standard InChI is InChI=1S/C27H31N7O2S/c1-19-16-21(12-13-23(19)33-18-28-30-31-33)34(25(35)17-22-10-7-15-37-22)26(24-11-6-14-32(24)2)27(36)29-20-8-4-3-5-9-20/h6-7,10-16,18,20,26H,3-5,8-9,17H2,1-2H3,(H,29,36). The van der Waals surface area contributed by atoms with Gasteiger partial charge in [0.1, 0.15) is 6.33 Å². The molecule has 2 amide bonds. The first kappa shape index (κ1) is 24.9. The second kappa shape index (κ2) is 11.1. The highest BCUT2D eigenvalue weighted by molar-refractivity contribution is 7.10. The molecule has 1 saturated carbocycles. The van der Waals surface area contributed by atoms with Gasteiger partial charge in [-0.15, -0.1) is 16.4 Å². The normalized spacial score (nSPS) is 14.9. The minimum absolute atomic E-state index is 0.127. The fraction of sp³-hybridized carbons (Fsp3) is 0.370. The molecule has 0 radical (unpaired) electrons. The van der Waals surface area contributed by atoms with Crippen LogP contribution in [0.25, 0.3) is 5.69 Å². The molecular weight excluding hydrogens is 486 g/mol. The summed E-state index contributed by atoms with van der Waals surface area (Å²) in [6.07, 6.45) is 9.01. The Hall–Kier alpha value is -3.79. The molecule has 9 nitrogen and oxygen atoms in total. The molecule has 1 atom stereocenters. The number of thiophene rings is 1. The first-order valence-electron chi connectivity index (χ1n) is 12.6. The fourth-order valence-electron chi connectivity index (χ4n) is 5.07. The van der Waals surface area contributed by atoms with Crippen LogP contribution in [0.3, 0.4) is 0 Å². The van der Waals surface area contributed by atoms with Crippen molar-refractivity contribution < 1.29 is 9.59 Å². The van der Waals surface area contributed by atoms with Crippen LogP contribution in [0.1, 0.15) is 54.3 Å². The maximum Gasteiger partial charge on any atom is 0.249 e. The number of nitrogens with zero attached hydrogens (tertiary/aromatic N) is 6. The molecule has 3 heterocycles. The van der Waals surface area contributed by atoms with Crippen LogP contribution in [-0.2, 0) is 23.1 Å². The summed E-state index contributed by atoms with van der Waals surface area (Å²) in [5, 5.41) is 16.7. The van der Waals surface area contributed by atoms with Gasteiger partial charge < -0.3 is 9.88 Å². The van der Waals surface area contributed by atoms with Crippen molar-refractivity contribution in [2.75, 3.05) is 4.90 Å². The van der Waals surface area contributed by atoms with Crippen LogP contribution in [-0.4, -0.2) is 42.6 Å². The molecule has 0 spiro atoms. The average Bonchev–Trinajstić information content (AvgIpc) is 3.67. The van der Waals surface area contributed by atoms with Crippen LogP contribution < -0.4 is 10.2 Å². The van der Waals surface area contributed by atoms with E-state index >= 15 is 0 Å². The molecule has 4 aromatic rings. The number of carbonyl (C=O) groups is 2. The monoisotopic (exact) mass is 517 g/mol. The van der Waals surface area contributed by atoms with Gasteiger partial charge in [-0.3, -0.25) is 14.5 Å². The number of carbonyl (C=O) groups excluding carboxylic acids is 2. The van der Waals surface area contributed by atoms with Gasteiger partial charge in [0.2, 0.25) is 11.8 Å². The third kappa shape index (κ3) is 5.48. The largest absolute Gasteiger partial charge is 0.352 e. The van der Waals surface area contributed by atoms with Crippen LogP contribution in [0, 0.1) is 6.92 Å². The van der Waals surface area contributed by atoms with Crippen molar-refractivity contribution in [1.82, 2.24) is 30.1 Å². The van der Waals surface area contributed by atoms with Gasteiger partial charge in [0.15, 0.2) is 6.04 Å². The smallest absolute Gasteiger partial charge is 0.249 e. The number of aromatic nitrogens is 5. The van der Waals surface area contributed by atoms with E-state index in [9.17, 15) is 9.59 Å². The molecule has 1 aromatic carbocycles. The molecule has 1 aliphatic carbocycles. The Labute approximate surface area is 220 Å². The van der Waals surface area contributed by atoms with Gasteiger partial charge in [0.25, 0.3) is 0 Å². The summed E-state index contributed by atoms with van der Waals surface area (Å²) in [5.41, 5.74) is 3.11. The molecule has 192 valence electrons. The maximum absolute atomic E-state index is 14.0. The lowest BCUT2D eigenvalue weighted by atomic mass is 9.95. The molecule has 1 N–H and O–H groups in total. The SMILES string of the molecule is Cc1cc(N(C(=O)Cc2cccs2)C(C(=O)NC2CCCCC2)c2cccn2C)ccc1-n1cnnn1. The third-order valence-corrected chi connectivity index (χ3v) is 7.83. The van der Waals surface area contributed by atoms with E-state index in [4.69, 9.17) is 0 Å². The number of tetrazole rings is 1. The topological polar surface area (TPSA) is 97.9 Å². The summed E-state index contributed by atoms with van der Waals surface area (Å²) in [6, 6.07) is 12.7. The lowest BCUT2D eigenvalue weighted by molar-refractivity contribution is -0.127. The molecule has 37 heavy (non-hydrogen) atoms. The van der Waals surface area contributed by atoms with Crippen molar-refractivity contribution in [3.63, 3.8) is 0 Å². The van der Waals surface area contributed by atoms with Crippen molar-refractivity contribution >= 4 is 28.8 Å². The van der Waals surface area contributed by atoms with Crippen molar-refractivity contribution in [1.29, 1.82) is 0 Å². The summed E-state index contributed by atoms with van der Waals surface area (Å²) in [7, 11) is 1.91. The minimum Gasteiger partial charge on any atom is -0.352 e. The summed E-state index contributed by atoms with van der Waals surface area (Å²) >= 11 is 1.54. The molecule has 10 heteroatoms. The van der Waals surface area contributed by atoms with E-state index in [0.29, 0.717) is 5.69 Å². The lowest BCUT2D eigenvalue weighted by Gasteiger charge is -2.34. The molecular formula is C27H31N7O2S. The number of aryl methyl sites for hydroxylation is 2. The Morgan fingerprint density at radius 2 is 2.00 bits per heavy atom. The average molecular weight is 518 g/mol. The number of hydrogen-bond acceptors (Lipinski definition) is 6. The van der Waals surface area contributed by atoms with Gasteiger partial charge in [0, 0.05) is 29.9 Å². The third-order valence-electron chi connectivity index (χ3n) is 6.95. The van der Waals surface area contributed by atoms with Crippen molar-refractivity contribution in [3.8, 4) is 5.69 Å². The minimum atomic E-state index is -0.812. The second-order valence-electron chi connectivity index (χ2n) is 9.54. The maximum atomic E-state index is 14.0. The lowest BCUT2D eigenvalue weighted by Crippen LogP contribution is -2.48. The van der Waals surface area contributed by atoms with E-state index < -0.39 is 6.04 Å². The van der Waals surface area contributed by atoms with Crippen molar-refractivity contribution in [2.45, 2.75) is 57.5 Å². The van der Waals surface area contributed by atoms with Crippen LogP contribution in [0.2, 0.25) is 0 Å². The summed E-state index contributed by atoms with van der Waals surface area (Å²) in [5.74, 6) is -0.294. The summed E-state index contributed by atoms with van der Waals surface area (Å²) < 4.78 is 3.50. The van der Waals surface area contributed by atoms with E-state index in [1.54, 1.807) is 9.58 Å². The number of benzene rings is 1. The van der Waals surface area contributed by atoms with Gasteiger partial charge in [-0.2, -0.15) is 0 Å². The first-order chi connectivity index (χ1) is 18.0. The molecule has 1 unspecified atom stereocenters. The molecule has 0 saturated heterocycles. The highest BCUT2D eigenvalue weighted by Crippen LogP contribution is 2.32. The van der Waals surface area contributed by atoms with E-state index in [2.05, 4.69) is 20.8 Å². The zero-order chi connectivity index (χ0) is 25.8. The Balaban J connectivity index is 1.56. The number of hydrogen-bond donors (Lipinski definition) is 1. The van der Waals surface area contributed by atoms with Crippen LogP contribution in [0.15, 0.2) is 60.4 Å². The van der Waals surface area contributed by atoms with Gasteiger partial charge in [-0.05, 0) is 77.5 Å². The molecule has 5 rings (SSSR count). The summed E-state index contributed by atoms with van der Waals surface area (Å²) in [4.78, 5) is 30.6. The molecule has 0 aliphatic heterocycles. The summed E-state index contributed by atoms with van der Waals surface area (Å²) in [6.45, 7) is 1.95. The Kier molecular flexibility index (Phi) is 7.45. The quantitative estimate of drug-likeness (QED) is 0.379. The van der Waals surface area contributed by atoms with Gasteiger partial charge in [-0.25, -0.2) is 4.68 Å². The molecule has 1 aliphatic rings. The Morgan fingerprint density at radius 1 is 1.16 bits per heavy atom. The Morgan fingerprint density at radius 3 is 2.65 bits per heavy atom. The van der Waals surface area contributed by atoms with Gasteiger partial charge in [-0.1, -0.05) is 25.3 Å². The highest BCUT2D eigenvalue weighted by atomic mass is 32.1. The Bertz CT molecular complexity index is 1340. The van der Waals surface area contributed by atoms with E-state index in [-0.39, 0.29) is 24.3 Å². The predicted octanol–water partition coefficient (Wildman–Crippen LogP) is 4.14. The highest BCUT2D eigenvalue weighted by Gasteiger charge is 2.35. The van der Waals surface area contributed by atoms with Crippen LogP contribution in [0.5, 0.6) is 0 Å². The van der Waals surface area contributed by atoms with E-state index in [1.807, 2.05) is 72.6 Å². The number of nitrogens with one attached hydrogen (secondary N) is 1. The molecule has 1 fully saturated rings. The van der Waals surface area contributed by atoms with E-state index in [1.165, 1.54) is 24.1 Å². The number of rotatable bonds is 8. The second-order valence-corrected chi connectivity index (χ2v) is 10.6. The van der Waals surface area contributed by atoms with Gasteiger partial charge >= 0.3 is 0 Å². The first-order valence-corrected chi connectivity index (χ1v) is 13.5. The molecule has 3 aromatic heterocycles. The fourth-order valence-corrected chi connectivity index (χ4v) is 5.77. The van der Waals surface area contributed by atoms with E-state index in [0.717, 1.165) is 47.5 Å². The van der Waals surface area contributed by atoms with Crippen molar-refractivity contribution in [3.05, 3.63) is 76.5 Å². The number of amides is 2. The zero-order valence-electron chi connectivity index (χ0n) is 21.1.